The largest absolute Gasteiger partial charge is 0.493 e. The van der Waals surface area contributed by atoms with Crippen LogP contribution in [0, 0.1) is 5.41 Å². The molecule has 3 aliphatic rings. The summed E-state index contributed by atoms with van der Waals surface area (Å²) in [4.78, 5) is 21.0. The van der Waals surface area contributed by atoms with Gasteiger partial charge < -0.3 is 29.8 Å². The highest BCUT2D eigenvalue weighted by Gasteiger charge is 2.48. The molecule has 1 aliphatic carbocycles. The van der Waals surface area contributed by atoms with Gasteiger partial charge in [0.05, 0.1) is 53.7 Å². The van der Waals surface area contributed by atoms with Gasteiger partial charge in [-0.05, 0) is 24.6 Å². The summed E-state index contributed by atoms with van der Waals surface area (Å²) in [5.74, 6) is 1.29. The zero-order valence-electron chi connectivity index (χ0n) is 19.8. The summed E-state index contributed by atoms with van der Waals surface area (Å²) >= 11 is 6.37. The topological polar surface area (TPSA) is 97.5 Å². The quantitative estimate of drug-likeness (QED) is 0.433. The molecule has 6 rings (SSSR count). The number of pyridine rings is 1. The van der Waals surface area contributed by atoms with Crippen LogP contribution in [0.1, 0.15) is 42.2 Å². The number of fused-ring (bicyclic) bond motifs is 3. The fraction of sp³-hybridized carbons (Fsp3) is 0.385. The van der Waals surface area contributed by atoms with Crippen LogP contribution in [0.3, 0.4) is 0 Å². The average molecular weight is 495 g/mol. The number of nitrogens with zero attached hydrogens (tertiary/aromatic N) is 1. The third-order valence-corrected chi connectivity index (χ3v) is 7.43. The Bertz CT molecular complexity index is 1320. The molecule has 4 heterocycles. The van der Waals surface area contributed by atoms with Crippen LogP contribution < -0.4 is 20.1 Å². The van der Waals surface area contributed by atoms with E-state index in [-0.39, 0.29) is 29.4 Å². The molecule has 3 aromatic rings. The van der Waals surface area contributed by atoms with Gasteiger partial charge in [0.2, 0.25) is 0 Å². The van der Waals surface area contributed by atoms with Crippen LogP contribution in [0.15, 0.2) is 36.7 Å². The number of aromatic amines is 1. The Kier molecular flexibility index (Phi) is 5.19. The normalized spacial score (nSPS) is 23.4. The zero-order valence-corrected chi connectivity index (χ0v) is 20.5. The lowest BCUT2D eigenvalue weighted by Crippen LogP contribution is -2.50. The fourth-order valence-electron chi connectivity index (χ4n) is 4.90. The molecule has 1 saturated heterocycles. The van der Waals surface area contributed by atoms with Gasteiger partial charge in [-0.3, -0.25) is 9.78 Å². The van der Waals surface area contributed by atoms with Crippen LogP contribution in [0.25, 0.3) is 11.3 Å². The lowest BCUT2D eigenvalue weighted by atomic mass is 9.83. The molecule has 182 valence electrons. The van der Waals surface area contributed by atoms with E-state index in [2.05, 4.69) is 34.4 Å². The fourth-order valence-corrected chi connectivity index (χ4v) is 5.15. The van der Waals surface area contributed by atoms with Crippen molar-refractivity contribution in [1.29, 1.82) is 0 Å². The summed E-state index contributed by atoms with van der Waals surface area (Å²) in [6, 6.07) is 7.54. The van der Waals surface area contributed by atoms with E-state index in [0.29, 0.717) is 40.1 Å². The highest BCUT2D eigenvalue weighted by molar-refractivity contribution is 6.32. The summed E-state index contributed by atoms with van der Waals surface area (Å²) in [5.41, 5.74) is 4.49. The third-order valence-electron chi connectivity index (χ3n) is 7.14. The zero-order chi connectivity index (χ0) is 24.3. The number of aromatic nitrogens is 2. The summed E-state index contributed by atoms with van der Waals surface area (Å²) in [5, 5.41) is 7.02. The molecule has 35 heavy (non-hydrogen) atoms. The van der Waals surface area contributed by atoms with Gasteiger partial charge in [-0.15, -0.1) is 0 Å². The van der Waals surface area contributed by atoms with Crippen molar-refractivity contribution in [2.24, 2.45) is 5.41 Å². The number of methoxy groups -OCH3 is 1. The molecule has 3 N–H and O–H groups in total. The molecule has 0 radical (unpaired) electrons. The van der Waals surface area contributed by atoms with Crippen LogP contribution in [-0.2, 0) is 4.74 Å². The molecule has 2 aliphatic heterocycles. The minimum atomic E-state index is -0.106. The summed E-state index contributed by atoms with van der Waals surface area (Å²) in [6.45, 7) is 5.47. The van der Waals surface area contributed by atoms with Gasteiger partial charge in [0.1, 0.15) is 12.4 Å². The Hall–Kier alpha value is -3.23. The lowest BCUT2D eigenvalue weighted by Gasteiger charge is -2.43. The third kappa shape index (κ3) is 3.72. The van der Waals surface area contributed by atoms with E-state index in [1.165, 1.54) is 0 Å². The van der Waals surface area contributed by atoms with Crippen LogP contribution in [-0.4, -0.2) is 48.3 Å². The van der Waals surface area contributed by atoms with Crippen LogP contribution in [0.4, 0.5) is 11.4 Å². The lowest BCUT2D eigenvalue weighted by molar-refractivity contribution is -0.180. The predicted octanol–water partition coefficient (Wildman–Crippen LogP) is 4.89. The second kappa shape index (κ2) is 8.17. The van der Waals surface area contributed by atoms with Crippen molar-refractivity contribution in [2.75, 3.05) is 25.6 Å². The minimum Gasteiger partial charge on any atom is -0.493 e. The van der Waals surface area contributed by atoms with Gasteiger partial charge in [-0.2, -0.15) is 0 Å². The Morgan fingerprint density at radius 3 is 2.91 bits per heavy atom. The molecule has 0 spiro atoms. The first-order valence-electron chi connectivity index (χ1n) is 11.7. The first-order chi connectivity index (χ1) is 16.9. The molecule has 3 atom stereocenters. The van der Waals surface area contributed by atoms with Gasteiger partial charge in [-0.25, -0.2) is 0 Å². The van der Waals surface area contributed by atoms with E-state index >= 15 is 0 Å². The number of H-pyrrole nitrogens is 1. The van der Waals surface area contributed by atoms with E-state index in [1.54, 1.807) is 25.6 Å². The molecule has 1 aromatic carbocycles. The maximum Gasteiger partial charge on any atom is 0.255 e. The van der Waals surface area contributed by atoms with Gasteiger partial charge in [0, 0.05) is 34.8 Å². The summed E-state index contributed by atoms with van der Waals surface area (Å²) in [6.07, 6.45) is 4.35. The van der Waals surface area contributed by atoms with E-state index < -0.39 is 0 Å². The number of carbonyl (C=O) groups is 1. The molecular weight excluding hydrogens is 468 g/mol. The molecule has 2 aromatic heterocycles. The molecular formula is C26H27ClN4O4. The van der Waals surface area contributed by atoms with Gasteiger partial charge in [0.15, 0.2) is 5.75 Å². The van der Waals surface area contributed by atoms with E-state index in [0.717, 1.165) is 30.0 Å². The maximum atomic E-state index is 13.1. The van der Waals surface area contributed by atoms with Crippen molar-refractivity contribution in [3.8, 4) is 22.8 Å². The smallest absolute Gasteiger partial charge is 0.255 e. The SMILES string of the molecule is COc1c(Cl)cccc1Nc1c(-c2ccncc2OC[C@H]2OCC2(C)C)[nH]c2c1C(=O)NC1C[C@H]21. The van der Waals surface area contributed by atoms with Crippen LogP contribution in [0.2, 0.25) is 5.02 Å². The number of nitrogens with one attached hydrogen (secondary N) is 3. The van der Waals surface area contributed by atoms with Crippen molar-refractivity contribution >= 4 is 28.9 Å². The second-order valence-electron chi connectivity index (χ2n) is 10.0. The number of halogens is 1. The summed E-state index contributed by atoms with van der Waals surface area (Å²) < 4.78 is 17.5. The number of benzene rings is 1. The number of carbonyl (C=O) groups excluding carboxylic acids is 1. The standard InChI is InChI=1S/C26H27ClN4O4/c1-26(2)12-35-19(26)11-34-18-10-28-8-7-13(18)22-23(29-16-6-4-5-15(27)24(16)33-3)20-21(31-22)14-9-17(14)30-25(20)32/h4-8,10,14,17,19,29,31H,9,11-12H2,1-3H3,(H,30,32)/t14-,17?,19+/m0/s1. The first kappa shape index (κ1) is 22.2. The highest BCUT2D eigenvalue weighted by Crippen LogP contribution is 2.51. The van der Waals surface area contributed by atoms with Crippen molar-refractivity contribution in [3.05, 3.63) is 52.9 Å². The Morgan fingerprint density at radius 1 is 1.31 bits per heavy atom. The number of para-hydroxylation sites is 1. The van der Waals surface area contributed by atoms with Gasteiger partial charge >= 0.3 is 0 Å². The van der Waals surface area contributed by atoms with E-state index in [1.807, 2.05) is 18.2 Å². The molecule has 1 amide bonds. The van der Waals surface area contributed by atoms with Crippen molar-refractivity contribution in [1.82, 2.24) is 15.3 Å². The highest BCUT2D eigenvalue weighted by atomic mass is 35.5. The van der Waals surface area contributed by atoms with Crippen LogP contribution in [0.5, 0.6) is 11.5 Å². The minimum absolute atomic E-state index is 0.0127. The maximum absolute atomic E-state index is 13.1. The molecule has 1 unspecified atom stereocenters. The van der Waals surface area contributed by atoms with E-state index in [4.69, 9.17) is 25.8 Å². The van der Waals surface area contributed by atoms with Crippen molar-refractivity contribution in [2.45, 2.75) is 38.3 Å². The molecule has 9 heteroatoms. The number of ether oxygens (including phenoxy) is 3. The van der Waals surface area contributed by atoms with Gasteiger partial charge in [-0.1, -0.05) is 31.5 Å². The Balaban J connectivity index is 1.43. The van der Waals surface area contributed by atoms with Crippen LogP contribution >= 0.6 is 11.6 Å². The summed E-state index contributed by atoms with van der Waals surface area (Å²) in [7, 11) is 1.57. The second-order valence-corrected chi connectivity index (χ2v) is 10.4. The average Bonchev–Trinajstić information content (AvgIpc) is 3.51. The first-order valence-corrected chi connectivity index (χ1v) is 12.1. The van der Waals surface area contributed by atoms with E-state index in [9.17, 15) is 4.79 Å². The Morgan fingerprint density at radius 2 is 2.17 bits per heavy atom. The molecule has 8 nitrogen and oxygen atoms in total. The Labute approximate surface area is 208 Å². The van der Waals surface area contributed by atoms with Crippen molar-refractivity contribution < 1.29 is 19.0 Å². The monoisotopic (exact) mass is 494 g/mol. The number of hydrogen-bond acceptors (Lipinski definition) is 6. The number of amides is 1. The van der Waals surface area contributed by atoms with Crippen molar-refractivity contribution in [3.63, 3.8) is 0 Å². The number of anilines is 2. The number of rotatable bonds is 7. The number of hydrogen-bond donors (Lipinski definition) is 3. The molecule has 2 fully saturated rings. The molecule has 1 saturated carbocycles. The van der Waals surface area contributed by atoms with Gasteiger partial charge in [0.25, 0.3) is 5.91 Å². The predicted molar refractivity (Wildman–Crippen MR) is 133 cm³/mol. The molecule has 0 bridgehead atoms.